The van der Waals surface area contributed by atoms with Crippen LogP contribution in [0.3, 0.4) is 0 Å². The Labute approximate surface area is 95.9 Å². The molecule has 1 N–H and O–H groups in total. The second kappa shape index (κ2) is 4.89. The van der Waals surface area contributed by atoms with Gasteiger partial charge in [-0.05, 0) is 38.9 Å². The van der Waals surface area contributed by atoms with Gasteiger partial charge in [-0.15, -0.1) is 0 Å². The minimum Gasteiger partial charge on any atom is -0.459 e. The van der Waals surface area contributed by atoms with Gasteiger partial charge in [0.25, 0.3) is 5.95 Å². The van der Waals surface area contributed by atoms with Crippen molar-refractivity contribution in [2.45, 2.75) is 32.0 Å². The molecule has 1 aromatic heterocycles. The van der Waals surface area contributed by atoms with Crippen LogP contribution in [0.15, 0.2) is 16.5 Å². The van der Waals surface area contributed by atoms with Crippen LogP contribution >= 0.6 is 0 Å². The topological polar surface area (TPSA) is 43.6 Å². The van der Waals surface area contributed by atoms with E-state index in [1.54, 1.807) is 7.11 Å². The number of ether oxygens (including phenoxy) is 2. The highest BCUT2D eigenvalue weighted by Gasteiger charge is 2.29. The lowest BCUT2D eigenvalue weighted by Crippen LogP contribution is -2.43. The molecule has 1 aliphatic rings. The van der Waals surface area contributed by atoms with Crippen LogP contribution in [-0.2, 0) is 11.3 Å². The van der Waals surface area contributed by atoms with Crippen molar-refractivity contribution in [3.8, 4) is 5.95 Å². The first-order valence-electron chi connectivity index (χ1n) is 5.69. The molecule has 1 aromatic rings. The van der Waals surface area contributed by atoms with Gasteiger partial charge >= 0.3 is 0 Å². The van der Waals surface area contributed by atoms with E-state index in [1.165, 1.54) is 0 Å². The molecule has 0 atom stereocenters. The monoisotopic (exact) mass is 225 g/mol. The van der Waals surface area contributed by atoms with E-state index < -0.39 is 0 Å². The first-order valence-corrected chi connectivity index (χ1v) is 5.69. The molecule has 2 rings (SSSR count). The van der Waals surface area contributed by atoms with E-state index in [-0.39, 0.29) is 5.60 Å². The van der Waals surface area contributed by atoms with Gasteiger partial charge in [0.1, 0.15) is 18.0 Å². The first-order chi connectivity index (χ1) is 7.72. The molecule has 0 bridgehead atoms. The molecule has 0 unspecified atom stereocenters. The summed E-state index contributed by atoms with van der Waals surface area (Å²) in [5.41, 5.74) is -0.104. The zero-order valence-corrected chi connectivity index (χ0v) is 9.91. The lowest BCUT2D eigenvalue weighted by molar-refractivity contribution is 0.0283. The molecule has 0 aromatic carbocycles. The number of nitrogens with one attached hydrogen (secondary N) is 1. The van der Waals surface area contributed by atoms with E-state index in [0.29, 0.717) is 12.6 Å². The van der Waals surface area contributed by atoms with Crippen molar-refractivity contribution >= 4 is 0 Å². The molecule has 0 spiro atoms. The second-order valence-electron chi connectivity index (χ2n) is 4.46. The van der Waals surface area contributed by atoms with Gasteiger partial charge in [0.2, 0.25) is 0 Å². The van der Waals surface area contributed by atoms with E-state index in [0.717, 1.165) is 31.7 Å². The van der Waals surface area contributed by atoms with E-state index in [2.05, 4.69) is 12.2 Å². The highest BCUT2D eigenvalue weighted by molar-refractivity contribution is 5.12. The van der Waals surface area contributed by atoms with Crippen molar-refractivity contribution in [2.75, 3.05) is 20.2 Å². The second-order valence-corrected chi connectivity index (χ2v) is 4.46. The Kier molecular flexibility index (Phi) is 3.51. The van der Waals surface area contributed by atoms with Crippen molar-refractivity contribution in [3.05, 3.63) is 17.9 Å². The zero-order valence-electron chi connectivity index (χ0n) is 9.91. The smallest absolute Gasteiger partial charge is 0.285 e. The summed E-state index contributed by atoms with van der Waals surface area (Å²) in [6.07, 6.45) is 2.01. The van der Waals surface area contributed by atoms with Gasteiger partial charge in [-0.3, -0.25) is 0 Å². The van der Waals surface area contributed by atoms with Gasteiger partial charge in [-0.1, -0.05) is 0 Å². The van der Waals surface area contributed by atoms with Crippen LogP contribution in [0.2, 0.25) is 0 Å². The van der Waals surface area contributed by atoms with Crippen molar-refractivity contribution in [1.29, 1.82) is 0 Å². The lowest BCUT2D eigenvalue weighted by Gasteiger charge is -2.33. The van der Waals surface area contributed by atoms with E-state index in [9.17, 15) is 0 Å². The third kappa shape index (κ3) is 2.77. The quantitative estimate of drug-likeness (QED) is 0.850. The van der Waals surface area contributed by atoms with Crippen LogP contribution in [0.1, 0.15) is 25.5 Å². The largest absolute Gasteiger partial charge is 0.459 e. The number of methoxy groups -OCH3 is 1. The zero-order chi connectivity index (χ0) is 11.4. The van der Waals surface area contributed by atoms with Gasteiger partial charge < -0.3 is 19.2 Å². The summed E-state index contributed by atoms with van der Waals surface area (Å²) in [5, 5.41) is 3.32. The maximum absolute atomic E-state index is 5.91. The fourth-order valence-electron chi connectivity index (χ4n) is 1.93. The molecule has 0 amide bonds. The van der Waals surface area contributed by atoms with Crippen LogP contribution in [-0.4, -0.2) is 25.8 Å². The molecule has 1 saturated heterocycles. The molecular formula is C12H19NO3. The minimum absolute atomic E-state index is 0.104. The summed E-state index contributed by atoms with van der Waals surface area (Å²) in [6.45, 7) is 4.62. The summed E-state index contributed by atoms with van der Waals surface area (Å²) in [7, 11) is 1.65. The number of hydrogen-bond donors (Lipinski definition) is 1. The number of furan rings is 1. The third-order valence-corrected chi connectivity index (χ3v) is 2.93. The predicted molar refractivity (Wildman–Crippen MR) is 60.6 cm³/mol. The van der Waals surface area contributed by atoms with Crippen molar-refractivity contribution < 1.29 is 13.9 Å². The minimum atomic E-state index is -0.104. The van der Waals surface area contributed by atoms with E-state index >= 15 is 0 Å². The number of rotatable bonds is 4. The van der Waals surface area contributed by atoms with Gasteiger partial charge in [0.05, 0.1) is 0 Å². The summed E-state index contributed by atoms with van der Waals surface area (Å²) in [4.78, 5) is 0. The van der Waals surface area contributed by atoms with Crippen molar-refractivity contribution in [1.82, 2.24) is 5.32 Å². The van der Waals surface area contributed by atoms with E-state index in [4.69, 9.17) is 13.9 Å². The maximum Gasteiger partial charge on any atom is 0.285 e. The average Bonchev–Trinajstić information content (AvgIpc) is 2.66. The summed E-state index contributed by atoms with van der Waals surface area (Å²) < 4.78 is 16.4. The van der Waals surface area contributed by atoms with E-state index in [1.807, 2.05) is 12.1 Å². The standard InChI is InChI=1S/C12H19NO3/c1-12(5-7-13-8-6-12)16-11-4-3-10(15-11)9-14-2/h3-4,13H,5-9H2,1-2H3. The summed E-state index contributed by atoms with van der Waals surface area (Å²) >= 11 is 0. The first kappa shape index (κ1) is 11.5. The van der Waals surface area contributed by atoms with Crippen LogP contribution in [0.25, 0.3) is 0 Å². The predicted octanol–water partition coefficient (Wildman–Crippen LogP) is 1.95. The summed E-state index contributed by atoms with van der Waals surface area (Å²) in [5.74, 6) is 1.39. The van der Waals surface area contributed by atoms with Crippen molar-refractivity contribution in [2.24, 2.45) is 0 Å². The maximum atomic E-state index is 5.91. The molecule has 16 heavy (non-hydrogen) atoms. The molecule has 0 saturated carbocycles. The molecule has 4 heteroatoms. The van der Waals surface area contributed by atoms with Crippen LogP contribution in [0.5, 0.6) is 5.95 Å². The Morgan fingerprint density at radius 1 is 1.38 bits per heavy atom. The lowest BCUT2D eigenvalue weighted by atomic mass is 9.95. The molecule has 1 fully saturated rings. The Morgan fingerprint density at radius 3 is 2.81 bits per heavy atom. The highest BCUT2D eigenvalue weighted by Crippen LogP contribution is 2.27. The fourth-order valence-corrected chi connectivity index (χ4v) is 1.93. The molecular weight excluding hydrogens is 206 g/mol. The van der Waals surface area contributed by atoms with Crippen LogP contribution in [0.4, 0.5) is 0 Å². The summed E-state index contributed by atoms with van der Waals surface area (Å²) in [6, 6.07) is 3.75. The Balaban J connectivity index is 1.96. The highest BCUT2D eigenvalue weighted by atomic mass is 16.6. The molecule has 0 aliphatic carbocycles. The Bertz CT molecular complexity index is 329. The normalized spacial score (nSPS) is 19.6. The third-order valence-electron chi connectivity index (χ3n) is 2.93. The van der Waals surface area contributed by atoms with Gasteiger partial charge in [0, 0.05) is 13.2 Å². The van der Waals surface area contributed by atoms with Crippen LogP contribution in [0, 0.1) is 0 Å². The van der Waals surface area contributed by atoms with Gasteiger partial charge in [-0.2, -0.15) is 0 Å². The Hall–Kier alpha value is -1.00. The molecule has 1 aliphatic heterocycles. The molecule has 0 radical (unpaired) electrons. The Morgan fingerprint density at radius 2 is 2.12 bits per heavy atom. The van der Waals surface area contributed by atoms with Crippen LogP contribution < -0.4 is 10.1 Å². The van der Waals surface area contributed by atoms with Gasteiger partial charge in [-0.25, -0.2) is 0 Å². The SMILES string of the molecule is COCc1ccc(OC2(C)CCNCC2)o1. The molecule has 2 heterocycles. The van der Waals surface area contributed by atoms with Gasteiger partial charge in [0.15, 0.2) is 0 Å². The van der Waals surface area contributed by atoms with Crippen molar-refractivity contribution in [3.63, 3.8) is 0 Å². The molecule has 4 nitrogen and oxygen atoms in total. The number of hydrogen-bond acceptors (Lipinski definition) is 4. The fraction of sp³-hybridized carbons (Fsp3) is 0.667. The molecule has 90 valence electrons. The average molecular weight is 225 g/mol. The number of piperidine rings is 1.